The van der Waals surface area contributed by atoms with Crippen LogP contribution >= 0.6 is 0 Å². The molecular formula is C24H36N4O3. The van der Waals surface area contributed by atoms with Crippen molar-refractivity contribution in [3.05, 3.63) is 53.0 Å². The Kier molecular flexibility index (Phi) is 8.79. The fraction of sp³-hybridized carbons (Fsp3) is 0.542. The summed E-state index contributed by atoms with van der Waals surface area (Å²) in [7, 11) is 1.71. The molecule has 2 heterocycles. The molecule has 1 unspecified atom stereocenters. The number of nitrogens with one attached hydrogen (secondary N) is 2. The van der Waals surface area contributed by atoms with Crippen LogP contribution in [0.3, 0.4) is 0 Å². The van der Waals surface area contributed by atoms with Crippen LogP contribution in [0, 0.1) is 13.8 Å². The van der Waals surface area contributed by atoms with E-state index in [0.29, 0.717) is 6.54 Å². The summed E-state index contributed by atoms with van der Waals surface area (Å²) in [6.45, 7) is 11.6. The van der Waals surface area contributed by atoms with E-state index in [1.165, 1.54) is 5.56 Å². The lowest BCUT2D eigenvalue weighted by Gasteiger charge is -2.32. The van der Waals surface area contributed by atoms with Gasteiger partial charge in [-0.3, -0.25) is 9.89 Å². The smallest absolute Gasteiger partial charge is 0.191 e. The zero-order chi connectivity index (χ0) is 22.1. The number of methoxy groups -OCH3 is 1. The van der Waals surface area contributed by atoms with Crippen LogP contribution in [0.25, 0.3) is 0 Å². The van der Waals surface area contributed by atoms with Gasteiger partial charge < -0.3 is 24.5 Å². The fourth-order valence-electron chi connectivity index (χ4n) is 3.77. The number of morpholine rings is 1. The number of ether oxygens (including phenoxy) is 2. The van der Waals surface area contributed by atoms with Crippen molar-refractivity contribution in [3.8, 4) is 5.75 Å². The van der Waals surface area contributed by atoms with Crippen molar-refractivity contribution in [1.29, 1.82) is 0 Å². The van der Waals surface area contributed by atoms with Crippen molar-refractivity contribution in [2.75, 3.05) is 53.0 Å². The van der Waals surface area contributed by atoms with Crippen LogP contribution in [0.15, 0.2) is 39.7 Å². The Morgan fingerprint density at radius 3 is 2.65 bits per heavy atom. The Bertz CT molecular complexity index is 843. The average Bonchev–Trinajstić information content (AvgIpc) is 3.21. The van der Waals surface area contributed by atoms with Gasteiger partial charge in [0, 0.05) is 26.2 Å². The lowest BCUT2D eigenvalue weighted by atomic mass is 10.1. The maximum absolute atomic E-state index is 5.96. The summed E-state index contributed by atoms with van der Waals surface area (Å²) in [4.78, 5) is 7.28. The Morgan fingerprint density at radius 2 is 1.97 bits per heavy atom. The zero-order valence-corrected chi connectivity index (χ0v) is 19.2. The van der Waals surface area contributed by atoms with Gasteiger partial charge in [-0.1, -0.05) is 12.1 Å². The molecular weight excluding hydrogens is 392 g/mol. The number of aryl methyl sites for hydroxylation is 2. The van der Waals surface area contributed by atoms with Crippen LogP contribution in [-0.2, 0) is 11.2 Å². The molecule has 1 atom stereocenters. The average molecular weight is 429 g/mol. The lowest BCUT2D eigenvalue weighted by molar-refractivity contribution is 0.0135. The Hall–Kier alpha value is -2.51. The normalized spacial score (nSPS) is 16.2. The summed E-state index contributed by atoms with van der Waals surface area (Å²) in [5.74, 6) is 3.64. The first kappa shape index (κ1) is 23.2. The van der Waals surface area contributed by atoms with Gasteiger partial charge in [0.2, 0.25) is 0 Å². The molecule has 0 spiro atoms. The van der Waals surface area contributed by atoms with E-state index in [1.807, 2.05) is 13.0 Å². The van der Waals surface area contributed by atoms with Crippen LogP contribution in [0.1, 0.15) is 35.6 Å². The SMILES string of the molecule is CCNC(=NCC(c1ccc(C)o1)N1CCOCC1)NCCc1ccc(C)c(OC)c1. The molecule has 7 nitrogen and oxygen atoms in total. The Balaban J connectivity index is 1.63. The van der Waals surface area contributed by atoms with Crippen molar-refractivity contribution < 1.29 is 13.9 Å². The molecule has 1 saturated heterocycles. The number of rotatable bonds is 9. The van der Waals surface area contributed by atoms with E-state index in [4.69, 9.17) is 18.9 Å². The molecule has 0 amide bonds. The minimum absolute atomic E-state index is 0.106. The van der Waals surface area contributed by atoms with Gasteiger partial charge in [-0.2, -0.15) is 0 Å². The van der Waals surface area contributed by atoms with E-state index in [2.05, 4.69) is 53.6 Å². The summed E-state index contributed by atoms with van der Waals surface area (Å²) >= 11 is 0. The molecule has 2 aromatic rings. The largest absolute Gasteiger partial charge is 0.496 e. The third-order valence-electron chi connectivity index (χ3n) is 5.52. The van der Waals surface area contributed by atoms with Crippen molar-refractivity contribution in [2.24, 2.45) is 4.99 Å². The summed E-state index contributed by atoms with van der Waals surface area (Å²) in [6.07, 6.45) is 0.894. The Labute approximate surface area is 185 Å². The molecule has 0 aliphatic carbocycles. The van der Waals surface area contributed by atoms with E-state index < -0.39 is 0 Å². The number of guanidine groups is 1. The topological polar surface area (TPSA) is 71.3 Å². The van der Waals surface area contributed by atoms with E-state index in [-0.39, 0.29) is 6.04 Å². The number of furan rings is 1. The maximum atomic E-state index is 5.96. The van der Waals surface area contributed by atoms with Crippen molar-refractivity contribution in [1.82, 2.24) is 15.5 Å². The molecule has 7 heteroatoms. The number of aliphatic imine (C=N–C) groups is 1. The highest BCUT2D eigenvalue weighted by atomic mass is 16.5. The van der Waals surface area contributed by atoms with Crippen LogP contribution in [-0.4, -0.2) is 63.9 Å². The van der Waals surface area contributed by atoms with Crippen LogP contribution in [0.2, 0.25) is 0 Å². The number of nitrogens with zero attached hydrogens (tertiary/aromatic N) is 2. The van der Waals surface area contributed by atoms with Gasteiger partial charge in [-0.15, -0.1) is 0 Å². The summed E-state index contributed by atoms with van der Waals surface area (Å²) < 4.78 is 16.9. The third-order valence-corrected chi connectivity index (χ3v) is 5.52. The van der Waals surface area contributed by atoms with E-state index in [0.717, 1.165) is 74.6 Å². The van der Waals surface area contributed by atoms with Gasteiger partial charge in [0.05, 0.1) is 32.9 Å². The predicted molar refractivity (Wildman–Crippen MR) is 124 cm³/mol. The predicted octanol–water partition coefficient (Wildman–Crippen LogP) is 3.08. The van der Waals surface area contributed by atoms with Crippen molar-refractivity contribution in [2.45, 2.75) is 33.2 Å². The zero-order valence-electron chi connectivity index (χ0n) is 19.2. The highest BCUT2D eigenvalue weighted by Crippen LogP contribution is 2.24. The van der Waals surface area contributed by atoms with Crippen molar-refractivity contribution >= 4 is 5.96 Å². The van der Waals surface area contributed by atoms with Gasteiger partial charge in [-0.25, -0.2) is 0 Å². The second kappa shape index (κ2) is 11.8. The quantitative estimate of drug-likeness (QED) is 0.473. The maximum Gasteiger partial charge on any atom is 0.191 e. The highest BCUT2D eigenvalue weighted by Gasteiger charge is 2.25. The van der Waals surface area contributed by atoms with Crippen LogP contribution in [0.5, 0.6) is 5.75 Å². The number of hydrogen-bond donors (Lipinski definition) is 2. The molecule has 2 N–H and O–H groups in total. The molecule has 0 radical (unpaired) electrons. The molecule has 31 heavy (non-hydrogen) atoms. The van der Waals surface area contributed by atoms with E-state index in [9.17, 15) is 0 Å². The summed E-state index contributed by atoms with van der Waals surface area (Å²) in [5, 5.41) is 6.82. The highest BCUT2D eigenvalue weighted by molar-refractivity contribution is 5.79. The minimum Gasteiger partial charge on any atom is -0.496 e. The lowest BCUT2D eigenvalue weighted by Crippen LogP contribution is -2.42. The molecule has 1 fully saturated rings. The van der Waals surface area contributed by atoms with Gasteiger partial charge >= 0.3 is 0 Å². The fourth-order valence-corrected chi connectivity index (χ4v) is 3.77. The standard InChI is InChI=1S/C24H36N4O3/c1-5-25-24(26-11-10-20-8-6-18(2)23(16-20)29-4)27-17-21(22-9-7-19(3)31-22)28-12-14-30-15-13-28/h6-9,16,21H,5,10-15,17H2,1-4H3,(H2,25,26,27). The molecule has 0 bridgehead atoms. The van der Waals surface area contributed by atoms with Crippen LogP contribution < -0.4 is 15.4 Å². The molecule has 0 saturated carbocycles. The van der Waals surface area contributed by atoms with E-state index in [1.54, 1.807) is 7.11 Å². The van der Waals surface area contributed by atoms with Gasteiger partial charge in [0.25, 0.3) is 0 Å². The number of hydrogen-bond acceptors (Lipinski definition) is 5. The molecule has 3 rings (SSSR count). The summed E-state index contributed by atoms with van der Waals surface area (Å²) in [6, 6.07) is 10.6. The summed E-state index contributed by atoms with van der Waals surface area (Å²) in [5.41, 5.74) is 2.39. The van der Waals surface area contributed by atoms with Gasteiger partial charge in [-0.05, 0) is 56.5 Å². The van der Waals surface area contributed by atoms with Gasteiger partial charge in [0.15, 0.2) is 5.96 Å². The van der Waals surface area contributed by atoms with Crippen LogP contribution in [0.4, 0.5) is 0 Å². The Morgan fingerprint density at radius 1 is 1.16 bits per heavy atom. The molecule has 1 aromatic heterocycles. The molecule has 1 aliphatic rings. The molecule has 1 aromatic carbocycles. The minimum atomic E-state index is 0.106. The first-order valence-corrected chi connectivity index (χ1v) is 11.1. The number of benzene rings is 1. The van der Waals surface area contributed by atoms with Gasteiger partial charge in [0.1, 0.15) is 17.3 Å². The third kappa shape index (κ3) is 6.74. The monoisotopic (exact) mass is 428 g/mol. The second-order valence-electron chi connectivity index (χ2n) is 7.81. The molecule has 1 aliphatic heterocycles. The van der Waals surface area contributed by atoms with E-state index >= 15 is 0 Å². The molecule has 170 valence electrons. The van der Waals surface area contributed by atoms with Crippen molar-refractivity contribution in [3.63, 3.8) is 0 Å². The first-order chi connectivity index (χ1) is 15.1. The first-order valence-electron chi connectivity index (χ1n) is 11.1. The second-order valence-corrected chi connectivity index (χ2v) is 7.81.